The van der Waals surface area contributed by atoms with Crippen LogP contribution < -0.4 is 5.32 Å². The molecule has 3 aromatic rings. The first-order chi connectivity index (χ1) is 11.8. The van der Waals surface area contributed by atoms with Crippen LogP contribution in [0.25, 0.3) is 11.0 Å². The molecule has 0 bridgehead atoms. The fraction of sp³-hybridized carbons (Fsp3) is 0.316. The monoisotopic (exact) mass is 320 g/mol. The first-order valence-electron chi connectivity index (χ1n) is 8.43. The van der Waals surface area contributed by atoms with Gasteiger partial charge in [0.2, 0.25) is 5.91 Å². The fourth-order valence-corrected chi connectivity index (χ4v) is 3.46. The normalized spacial score (nSPS) is 15.7. The summed E-state index contributed by atoms with van der Waals surface area (Å²) in [4.78, 5) is 21.6. The fourth-order valence-electron chi connectivity index (χ4n) is 3.46. The van der Waals surface area contributed by atoms with Crippen molar-refractivity contribution in [3.8, 4) is 0 Å². The minimum absolute atomic E-state index is 0.0342. The van der Waals surface area contributed by atoms with Crippen molar-refractivity contribution in [2.24, 2.45) is 0 Å². The Labute approximate surface area is 140 Å². The van der Waals surface area contributed by atoms with Crippen LogP contribution in [-0.4, -0.2) is 33.5 Å². The molecule has 0 spiro atoms. The summed E-state index contributed by atoms with van der Waals surface area (Å²) in [7, 11) is 0. The molecule has 0 aliphatic carbocycles. The van der Waals surface area contributed by atoms with Crippen LogP contribution >= 0.6 is 0 Å². The van der Waals surface area contributed by atoms with Gasteiger partial charge in [-0.05, 0) is 61.7 Å². The zero-order valence-electron chi connectivity index (χ0n) is 13.5. The van der Waals surface area contributed by atoms with E-state index in [1.807, 2.05) is 36.5 Å². The highest BCUT2D eigenvalue weighted by atomic mass is 16.2. The molecule has 5 nitrogen and oxygen atoms in total. The lowest BCUT2D eigenvalue weighted by atomic mass is 9.91. The van der Waals surface area contributed by atoms with Gasteiger partial charge in [0, 0.05) is 24.3 Å². The summed E-state index contributed by atoms with van der Waals surface area (Å²) >= 11 is 0. The van der Waals surface area contributed by atoms with Crippen molar-refractivity contribution in [3.05, 3.63) is 60.2 Å². The highest BCUT2D eigenvalue weighted by Crippen LogP contribution is 2.31. The van der Waals surface area contributed by atoms with Crippen molar-refractivity contribution in [2.45, 2.75) is 25.2 Å². The van der Waals surface area contributed by atoms with Gasteiger partial charge in [-0.15, -0.1) is 0 Å². The molecule has 1 N–H and O–H groups in total. The summed E-state index contributed by atoms with van der Waals surface area (Å²) < 4.78 is 1.76. The van der Waals surface area contributed by atoms with Crippen molar-refractivity contribution in [1.82, 2.24) is 19.9 Å². The van der Waals surface area contributed by atoms with Gasteiger partial charge in [-0.2, -0.15) is 0 Å². The Bertz CT molecular complexity index is 850. The number of fused-ring (bicyclic) bond motifs is 1. The maximum absolute atomic E-state index is 12.8. The number of nitrogens with zero attached hydrogens (tertiary/aromatic N) is 3. The third-order valence-electron chi connectivity index (χ3n) is 4.69. The van der Waals surface area contributed by atoms with Gasteiger partial charge in [0.05, 0.1) is 17.5 Å². The first kappa shape index (κ1) is 15.0. The van der Waals surface area contributed by atoms with Gasteiger partial charge in [-0.25, -0.2) is 0 Å². The average molecular weight is 320 g/mol. The van der Waals surface area contributed by atoms with Crippen molar-refractivity contribution < 1.29 is 4.79 Å². The van der Waals surface area contributed by atoms with Gasteiger partial charge in [-0.1, -0.05) is 6.07 Å². The predicted molar refractivity (Wildman–Crippen MR) is 93.1 cm³/mol. The molecule has 1 fully saturated rings. The summed E-state index contributed by atoms with van der Waals surface area (Å²) in [5.41, 5.74) is 3.84. The second-order valence-electron chi connectivity index (χ2n) is 6.24. The van der Waals surface area contributed by atoms with Crippen LogP contribution in [0.4, 0.5) is 0 Å². The number of pyridine rings is 2. The second kappa shape index (κ2) is 6.53. The third-order valence-corrected chi connectivity index (χ3v) is 4.69. The Hall–Kier alpha value is -2.53. The van der Waals surface area contributed by atoms with Crippen molar-refractivity contribution in [2.75, 3.05) is 13.1 Å². The van der Waals surface area contributed by atoms with Crippen LogP contribution in [0, 0.1) is 0 Å². The summed E-state index contributed by atoms with van der Waals surface area (Å²) in [5.74, 6) is 0.499. The lowest BCUT2D eigenvalue weighted by molar-refractivity contribution is 0.0918. The van der Waals surface area contributed by atoms with E-state index in [1.54, 1.807) is 17.0 Å². The third kappa shape index (κ3) is 2.83. The van der Waals surface area contributed by atoms with E-state index in [-0.39, 0.29) is 5.91 Å². The molecular formula is C19H20N4O. The van der Waals surface area contributed by atoms with Crippen LogP contribution in [-0.2, 0) is 6.42 Å². The number of carbonyl (C=O) groups is 1. The van der Waals surface area contributed by atoms with Gasteiger partial charge in [-0.3, -0.25) is 19.3 Å². The molecule has 4 heterocycles. The molecule has 0 amide bonds. The zero-order valence-corrected chi connectivity index (χ0v) is 13.5. The Kier molecular flexibility index (Phi) is 4.09. The number of hydrogen-bond donors (Lipinski definition) is 1. The molecule has 0 radical (unpaired) electrons. The van der Waals surface area contributed by atoms with Crippen molar-refractivity contribution in [1.29, 1.82) is 0 Å². The van der Waals surface area contributed by atoms with Crippen LogP contribution in [0.3, 0.4) is 0 Å². The summed E-state index contributed by atoms with van der Waals surface area (Å²) in [6.07, 6.45) is 8.00. The maximum Gasteiger partial charge on any atom is 0.237 e. The number of piperidine rings is 1. The molecule has 24 heavy (non-hydrogen) atoms. The molecule has 1 aliphatic heterocycles. The molecule has 0 saturated carbocycles. The second-order valence-corrected chi connectivity index (χ2v) is 6.24. The van der Waals surface area contributed by atoms with E-state index >= 15 is 0 Å². The summed E-state index contributed by atoms with van der Waals surface area (Å²) in [6.45, 7) is 2.04. The predicted octanol–water partition coefficient (Wildman–Crippen LogP) is 2.78. The van der Waals surface area contributed by atoms with E-state index in [4.69, 9.17) is 0 Å². The SMILES string of the molecule is O=C(Cc1ccccn1)n1cc(C2CCNCC2)c2ncccc21. The van der Waals surface area contributed by atoms with E-state index in [0.717, 1.165) is 42.7 Å². The average Bonchev–Trinajstić information content (AvgIpc) is 3.03. The molecule has 4 rings (SSSR count). The van der Waals surface area contributed by atoms with Crippen molar-refractivity contribution >= 4 is 16.9 Å². The van der Waals surface area contributed by atoms with Crippen LogP contribution in [0.5, 0.6) is 0 Å². The first-order valence-corrected chi connectivity index (χ1v) is 8.43. The molecule has 1 aliphatic rings. The number of hydrogen-bond acceptors (Lipinski definition) is 4. The van der Waals surface area contributed by atoms with Gasteiger partial charge in [0.15, 0.2) is 0 Å². The molecule has 0 atom stereocenters. The van der Waals surface area contributed by atoms with E-state index in [2.05, 4.69) is 15.3 Å². The molecule has 5 heteroatoms. The Morgan fingerprint density at radius 2 is 1.96 bits per heavy atom. The topological polar surface area (TPSA) is 59.8 Å². The maximum atomic E-state index is 12.8. The standard InChI is InChI=1S/C19H20N4O/c24-18(12-15-4-1-2-8-21-15)23-13-16(14-6-10-20-11-7-14)19-17(23)5-3-9-22-19/h1-5,8-9,13-14,20H,6-7,10-12H2. The molecular weight excluding hydrogens is 300 g/mol. The minimum atomic E-state index is 0.0342. The number of aromatic nitrogens is 3. The van der Waals surface area contributed by atoms with Crippen molar-refractivity contribution in [3.63, 3.8) is 0 Å². The highest BCUT2D eigenvalue weighted by Gasteiger charge is 2.22. The van der Waals surface area contributed by atoms with Gasteiger partial charge in [0.25, 0.3) is 0 Å². The van der Waals surface area contributed by atoms with Crippen LogP contribution in [0.2, 0.25) is 0 Å². The lowest BCUT2D eigenvalue weighted by Crippen LogP contribution is -2.26. The Morgan fingerprint density at radius 1 is 1.12 bits per heavy atom. The van der Waals surface area contributed by atoms with E-state index in [9.17, 15) is 4.79 Å². The van der Waals surface area contributed by atoms with Crippen LogP contribution in [0.15, 0.2) is 48.9 Å². The molecule has 3 aromatic heterocycles. The highest BCUT2D eigenvalue weighted by molar-refractivity contribution is 5.93. The summed E-state index contributed by atoms with van der Waals surface area (Å²) in [5, 5.41) is 3.39. The van der Waals surface area contributed by atoms with Crippen LogP contribution in [0.1, 0.15) is 34.8 Å². The Balaban J connectivity index is 1.71. The van der Waals surface area contributed by atoms with E-state index in [0.29, 0.717) is 12.3 Å². The summed E-state index contributed by atoms with van der Waals surface area (Å²) in [6, 6.07) is 9.52. The number of nitrogens with one attached hydrogen (secondary N) is 1. The van der Waals surface area contributed by atoms with E-state index in [1.165, 1.54) is 5.56 Å². The smallest absolute Gasteiger partial charge is 0.237 e. The van der Waals surface area contributed by atoms with Gasteiger partial charge in [0.1, 0.15) is 0 Å². The molecule has 122 valence electrons. The minimum Gasteiger partial charge on any atom is -0.317 e. The molecule has 1 saturated heterocycles. The quantitative estimate of drug-likeness (QED) is 0.806. The zero-order chi connectivity index (χ0) is 16.4. The van der Waals surface area contributed by atoms with Gasteiger partial charge >= 0.3 is 0 Å². The van der Waals surface area contributed by atoms with Gasteiger partial charge < -0.3 is 5.32 Å². The van der Waals surface area contributed by atoms with E-state index < -0.39 is 0 Å². The molecule has 0 unspecified atom stereocenters. The number of rotatable bonds is 3. The molecule has 0 aromatic carbocycles. The number of carbonyl (C=O) groups excluding carboxylic acids is 1. The Morgan fingerprint density at radius 3 is 2.75 bits per heavy atom. The lowest BCUT2D eigenvalue weighted by Gasteiger charge is -2.21. The largest absolute Gasteiger partial charge is 0.317 e.